The molecule has 1 aromatic rings. The van der Waals surface area contributed by atoms with Crippen molar-refractivity contribution in [1.82, 2.24) is 10.3 Å². The first-order valence-corrected chi connectivity index (χ1v) is 5.59. The highest BCUT2D eigenvalue weighted by Gasteiger charge is 2.35. The van der Waals surface area contributed by atoms with E-state index in [1.165, 1.54) is 18.3 Å². The number of oxime groups is 1. The Morgan fingerprint density at radius 3 is 2.89 bits per heavy atom. The minimum Gasteiger partial charge on any atom is -0.409 e. The van der Waals surface area contributed by atoms with Crippen LogP contribution >= 0.6 is 0 Å². The predicted molar refractivity (Wildman–Crippen MR) is 64.4 cm³/mol. The lowest BCUT2D eigenvalue weighted by Crippen LogP contribution is -2.46. The second-order valence-corrected chi connectivity index (χ2v) is 4.26. The van der Waals surface area contributed by atoms with Gasteiger partial charge in [0.15, 0.2) is 5.84 Å². The van der Waals surface area contributed by atoms with Gasteiger partial charge in [-0.15, -0.1) is 0 Å². The summed E-state index contributed by atoms with van der Waals surface area (Å²) in [5.74, 6) is -0.230. The topological polar surface area (TPSA) is 121 Å². The van der Waals surface area contributed by atoms with Gasteiger partial charge in [-0.25, -0.2) is 0 Å². The molecule has 18 heavy (non-hydrogen) atoms. The van der Waals surface area contributed by atoms with Crippen molar-refractivity contribution < 1.29 is 10.0 Å². The molecule has 5 N–H and O–H groups in total. The van der Waals surface area contributed by atoms with E-state index in [-0.39, 0.29) is 22.9 Å². The highest BCUT2D eigenvalue weighted by atomic mass is 16.4. The Morgan fingerprint density at radius 1 is 1.61 bits per heavy atom. The molecule has 0 bridgehead atoms. The summed E-state index contributed by atoms with van der Waals surface area (Å²) in [5, 5.41) is 14.3. The smallest absolute Gasteiger partial charge is 0.252 e. The van der Waals surface area contributed by atoms with E-state index < -0.39 is 11.9 Å². The van der Waals surface area contributed by atoms with Gasteiger partial charge in [-0.05, 0) is 24.8 Å². The molecule has 1 saturated carbocycles. The van der Waals surface area contributed by atoms with Crippen LogP contribution in [0.15, 0.2) is 28.3 Å². The summed E-state index contributed by atoms with van der Waals surface area (Å²) in [6.07, 6.45) is 3.25. The van der Waals surface area contributed by atoms with Crippen molar-refractivity contribution in [3.05, 3.63) is 34.2 Å². The van der Waals surface area contributed by atoms with Gasteiger partial charge in [-0.2, -0.15) is 0 Å². The van der Waals surface area contributed by atoms with Crippen molar-refractivity contribution in [2.75, 3.05) is 0 Å². The predicted octanol–water partition coefficient (Wildman–Crippen LogP) is -0.370. The van der Waals surface area contributed by atoms with E-state index >= 15 is 0 Å². The van der Waals surface area contributed by atoms with Gasteiger partial charge in [0.1, 0.15) is 0 Å². The summed E-state index contributed by atoms with van der Waals surface area (Å²) in [6.45, 7) is 0. The average molecular weight is 250 g/mol. The molecule has 0 spiro atoms. The van der Waals surface area contributed by atoms with Gasteiger partial charge in [-0.1, -0.05) is 5.16 Å². The van der Waals surface area contributed by atoms with Crippen molar-refractivity contribution in [3.63, 3.8) is 0 Å². The second kappa shape index (κ2) is 4.91. The Bertz CT molecular complexity index is 533. The van der Waals surface area contributed by atoms with Crippen LogP contribution in [-0.2, 0) is 0 Å². The number of aromatic amines is 1. The normalized spacial score (nSPS) is 17.2. The molecule has 1 aliphatic rings. The maximum Gasteiger partial charge on any atom is 0.252 e. The molecule has 1 heterocycles. The fourth-order valence-electron chi connectivity index (χ4n) is 1.74. The number of rotatable bonds is 4. The van der Waals surface area contributed by atoms with Gasteiger partial charge in [0.25, 0.3) is 5.91 Å². The number of carbonyl (C=O) groups is 1. The number of amidine groups is 1. The molecule has 1 aliphatic carbocycles. The standard InChI is InChI=1S/C11H14N4O3/c12-10(15-18)9(6-1-2-6)14-11(17)7-3-4-13-8(16)5-7/h3-6,9,18H,1-2H2,(H2,12,15)(H,13,16)(H,14,17). The van der Waals surface area contributed by atoms with Gasteiger partial charge >= 0.3 is 0 Å². The van der Waals surface area contributed by atoms with Crippen LogP contribution in [0.25, 0.3) is 0 Å². The SMILES string of the molecule is N/C(=N/O)C(NC(=O)c1cc[nH]c(=O)c1)C1CC1. The molecule has 0 radical (unpaired) electrons. The van der Waals surface area contributed by atoms with Crippen molar-refractivity contribution in [2.24, 2.45) is 16.8 Å². The van der Waals surface area contributed by atoms with E-state index in [0.717, 1.165) is 12.8 Å². The van der Waals surface area contributed by atoms with Crippen molar-refractivity contribution in [2.45, 2.75) is 18.9 Å². The summed E-state index contributed by atoms with van der Waals surface area (Å²) in [5.41, 5.74) is 5.42. The van der Waals surface area contributed by atoms with E-state index in [2.05, 4.69) is 15.5 Å². The number of nitrogens with two attached hydrogens (primary N) is 1. The van der Waals surface area contributed by atoms with E-state index in [4.69, 9.17) is 10.9 Å². The second-order valence-electron chi connectivity index (χ2n) is 4.26. The van der Waals surface area contributed by atoms with Crippen LogP contribution in [0, 0.1) is 5.92 Å². The number of nitrogens with zero attached hydrogens (tertiary/aromatic N) is 1. The van der Waals surface area contributed by atoms with E-state index in [1.807, 2.05) is 0 Å². The van der Waals surface area contributed by atoms with Crippen LogP contribution in [0.2, 0.25) is 0 Å². The number of carbonyl (C=O) groups excluding carboxylic acids is 1. The lowest BCUT2D eigenvalue weighted by atomic mass is 10.1. The quantitative estimate of drug-likeness (QED) is 0.252. The molecular formula is C11H14N4O3. The Hall–Kier alpha value is -2.31. The van der Waals surface area contributed by atoms with Crippen molar-refractivity contribution in [1.29, 1.82) is 0 Å². The molecule has 1 aromatic heterocycles. The molecule has 0 saturated heterocycles. The van der Waals surface area contributed by atoms with Crippen molar-refractivity contribution >= 4 is 11.7 Å². The summed E-state index contributed by atoms with van der Waals surface area (Å²) in [4.78, 5) is 25.4. The molecule has 2 rings (SSSR count). The Morgan fingerprint density at radius 2 is 2.33 bits per heavy atom. The summed E-state index contributed by atoms with van der Waals surface area (Å²) < 4.78 is 0. The third kappa shape index (κ3) is 2.68. The molecule has 1 fully saturated rings. The maximum absolute atomic E-state index is 11.9. The summed E-state index contributed by atoms with van der Waals surface area (Å²) in [7, 11) is 0. The molecule has 1 amide bonds. The molecule has 0 aliphatic heterocycles. The van der Waals surface area contributed by atoms with Gasteiger partial charge < -0.3 is 21.2 Å². The van der Waals surface area contributed by atoms with Crippen molar-refractivity contribution in [3.8, 4) is 0 Å². The molecule has 0 aromatic carbocycles. The molecule has 1 unspecified atom stereocenters. The average Bonchev–Trinajstić information content (AvgIpc) is 3.19. The highest BCUT2D eigenvalue weighted by molar-refractivity contribution is 5.98. The number of amides is 1. The van der Waals surface area contributed by atoms with Crippen LogP contribution < -0.4 is 16.6 Å². The first-order valence-electron chi connectivity index (χ1n) is 5.59. The van der Waals surface area contributed by atoms with Crippen LogP contribution in [0.3, 0.4) is 0 Å². The Balaban J connectivity index is 2.12. The highest BCUT2D eigenvalue weighted by Crippen LogP contribution is 2.32. The zero-order valence-electron chi connectivity index (χ0n) is 9.59. The number of aromatic nitrogens is 1. The minimum absolute atomic E-state index is 0.0179. The maximum atomic E-state index is 11.9. The number of pyridine rings is 1. The van der Waals surface area contributed by atoms with Crippen LogP contribution in [-0.4, -0.2) is 28.0 Å². The Labute approximate surface area is 103 Å². The van der Waals surface area contributed by atoms with Gasteiger partial charge in [0, 0.05) is 17.8 Å². The number of H-pyrrole nitrogens is 1. The number of hydrogen-bond donors (Lipinski definition) is 4. The number of nitrogens with one attached hydrogen (secondary N) is 2. The molecule has 1 atom stereocenters. The van der Waals surface area contributed by atoms with E-state index in [9.17, 15) is 9.59 Å². The molecule has 7 nitrogen and oxygen atoms in total. The molecular weight excluding hydrogens is 236 g/mol. The van der Waals surface area contributed by atoms with E-state index in [0.29, 0.717) is 0 Å². The van der Waals surface area contributed by atoms with Gasteiger partial charge in [0.2, 0.25) is 5.56 Å². The van der Waals surface area contributed by atoms with Crippen LogP contribution in [0.1, 0.15) is 23.2 Å². The van der Waals surface area contributed by atoms with E-state index in [1.54, 1.807) is 0 Å². The first kappa shape index (κ1) is 12.2. The van der Waals surface area contributed by atoms with Gasteiger partial charge in [0.05, 0.1) is 6.04 Å². The van der Waals surface area contributed by atoms with Crippen LogP contribution in [0.5, 0.6) is 0 Å². The van der Waals surface area contributed by atoms with Crippen LogP contribution in [0.4, 0.5) is 0 Å². The first-order chi connectivity index (χ1) is 8.61. The minimum atomic E-state index is -0.484. The summed E-state index contributed by atoms with van der Waals surface area (Å²) in [6, 6.07) is 2.21. The Kier molecular flexibility index (Phi) is 3.31. The zero-order chi connectivity index (χ0) is 13.1. The lowest BCUT2D eigenvalue weighted by Gasteiger charge is -2.16. The molecule has 7 heteroatoms. The third-order valence-corrected chi connectivity index (χ3v) is 2.85. The third-order valence-electron chi connectivity index (χ3n) is 2.85. The fraction of sp³-hybridized carbons (Fsp3) is 0.364. The molecule has 96 valence electrons. The monoisotopic (exact) mass is 250 g/mol. The fourth-order valence-corrected chi connectivity index (χ4v) is 1.74. The largest absolute Gasteiger partial charge is 0.409 e. The number of hydrogen-bond acceptors (Lipinski definition) is 4. The lowest BCUT2D eigenvalue weighted by molar-refractivity contribution is 0.0942. The van der Waals surface area contributed by atoms with Gasteiger partial charge in [-0.3, -0.25) is 9.59 Å². The summed E-state index contributed by atoms with van der Waals surface area (Å²) >= 11 is 0. The zero-order valence-corrected chi connectivity index (χ0v) is 9.59.